The Morgan fingerprint density at radius 1 is 1.33 bits per heavy atom. The molecule has 1 saturated carbocycles. The minimum atomic E-state index is -0.559. The first kappa shape index (κ1) is 11.3. The molecule has 3 rings (SSSR count). The molecule has 4 nitrogen and oxygen atoms in total. The number of nitrogen functional groups attached to an aromatic ring is 1. The molecule has 0 unspecified atom stereocenters. The number of anilines is 2. The van der Waals surface area contributed by atoms with Crippen molar-refractivity contribution in [2.75, 3.05) is 17.6 Å². The number of benzene rings is 1. The van der Waals surface area contributed by atoms with Crippen LogP contribution in [0, 0.1) is 0 Å². The number of hydrogen-bond acceptors (Lipinski definition) is 4. The molecule has 1 heterocycles. The van der Waals surface area contributed by atoms with Gasteiger partial charge in [-0.15, -0.1) is 0 Å². The molecule has 0 amide bonds. The summed E-state index contributed by atoms with van der Waals surface area (Å²) >= 11 is 0. The van der Waals surface area contributed by atoms with E-state index in [2.05, 4.69) is 10.3 Å². The molecule has 4 N–H and O–H groups in total. The Balaban J connectivity index is 1.92. The van der Waals surface area contributed by atoms with E-state index in [-0.39, 0.29) is 0 Å². The highest BCUT2D eigenvalue weighted by Gasteiger charge is 2.34. The molecule has 1 fully saturated rings. The average molecular weight is 243 g/mol. The highest BCUT2D eigenvalue weighted by atomic mass is 16.3. The van der Waals surface area contributed by atoms with E-state index < -0.39 is 5.60 Å². The molecule has 0 saturated heterocycles. The zero-order valence-corrected chi connectivity index (χ0v) is 10.2. The fourth-order valence-electron chi connectivity index (χ4n) is 2.37. The van der Waals surface area contributed by atoms with E-state index in [4.69, 9.17) is 5.73 Å². The molecule has 18 heavy (non-hydrogen) atoms. The zero-order valence-electron chi connectivity index (χ0n) is 10.2. The second-order valence-electron chi connectivity index (χ2n) is 5.04. The molecule has 1 aromatic carbocycles. The maximum Gasteiger partial charge on any atom is 0.0819 e. The fraction of sp³-hybridized carbons (Fsp3) is 0.357. The third-order valence-corrected chi connectivity index (χ3v) is 3.68. The van der Waals surface area contributed by atoms with Crippen molar-refractivity contribution in [3.05, 3.63) is 30.5 Å². The molecular formula is C14H17N3O. The summed E-state index contributed by atoms with van der Waals surface area (Å²) in [6, 6.07) is 7.87. The summed E-state index contributed by atoms with van der Waals surface area (Å²) in [7, 11) is 0. The predicted octanol–water partition coefficient (Wildman–Crippen LogP) is 2.14. The van der Waals surface area contributed by atoms with Crippen LogP contribution in [0.1, 0.15) is 19.3 Å². The van der Waals surface area contributed by atoms with Crippen LogP contribution in [0.25, 0.3) is 10.9 Å². The Hall–Kier alpha value is -1.81. The van der Waals surface area contributed by atoms with Gasteiger partial charge in [-0.1, -0.05) is 18.2 Å². The van der Waals surface area contributed by atoms with E-state index >= 15 is 0 Å². The van der Waals surface area contributed by atoms with Crippen LogP contribution >= 0.6 is 0 Å². The van der Waals surface area contributed by atoms with Gasteiger partial charge in [0.05, 0.1) is 28.7 Å². The molecule has 1 aromatic heterocycles. The summed E-state index contributed by atoms with van der Waals surface area (Å²) in [6.45, 7) is 0.547. The number of aromatic nitrogens is 1. The molecule has 2 aromatic rings. The van der Waals surface area contributed by atoms with Crippen LogP contribution in [-0.2, 0) is 0 Å². The SMILES string of the molecule is Nc1cnc2ccccc2c1NCC1(O)CCC1. The minimum absolute atomic E-state index is 0.547. The Morgan fingerprint density at radius 2 is 2.11 bits per heavy atom. The van der Waals surface area contributed by atoms with E-state index in [1.54, 1.807) is 6.20 Å². The van der Waals surface area contributed by atoms with Gasteiger partial charge in [0.25, 0.3) is 0 Å². The molecule has 0 radical (unpaired) electrons. The molecule has 0 spiro atoms. The smallest absolute Gasteiger partial charge is 0.0819 e. The molecular weight excluding hydrogens is 226 g/mol. The van der Waals surface area contributed by atoms with Gasteiger partial charge in [-0.3, -0.25) is 4.98 Å². The summed E-state index contributed by atoms with van der Waals surface area (Å²) in [6.07, 6.45) is 4.49. The molecule has 4 heteroatoms. The largest absolute Gasteiger partial charge is 0.396 e. The second kappa shape index (κ2) is 4.14. The van der Waals surface area contributed by atoms with E-state index in [0.29, 0.717) is 12.2 Å². The van der Waals surface area contributed by atoms with Crippen molar-refractivity contribution in [1.82, 2.24) is 4.98 Å². The van der Waals surface area contributed by atoms with Gasteiger partial charge in [0.1, 0.15) is 0 Å². The molecule has 0 atom stereocenters. The second-order valence-corrected chi connectivity index (χ2v) is 5.04. The Morgan fingerprint density at radius 3 is 2.83 bits per heavy atom. The topological polar surface area (TPSA) is 71.2 Å². The van der Waals surface area contributed by atoms with Crippen LogP contribution in [0.2, 0.25) is 0 Å². The van der Waals surface area contributed by atoms with Gasteiger partial charge >= 0.3 is 0 Å². The van der Waals surface area contributed by atoms with Gasteiger partial charge in [-0.05, 0) is 25.3 Å². The standard InChI is InChI=1S/C14H17N3O/c15-11-8-16-12-5-2-1-4-10(12)13(11)17-9-14(18)6-3-7-14/h1-2,4-5,8,18H,3,6-7,9,15H2,(H,16,17). The predicted molar refractivity (Wildman–Crippen MR) is 73.4 cm³/mol. The third-order valence-electron chi connectivity index (χ3n) is 3.68. The molecule has 1 aliphatic carbocycles. The molecule has 0 bridgehead atoms. The highest BCUT2D eigenvalue weighted by Crippen LogP contribution is 2.33. The maximum atomic E-state index is 10.1. The van der Waals surface area contributed by atoms with Gasteiger partial charge < -0.3 is 16.2 Å². The van der Waals surface area contributed by atoms with Gasteiger partial charge in [0.15, 0.2) is 0 Å². The van der Waals surface area contributed by atoms with E-state index in [9.17, 15) is 5.11 Å². The number of fused-ring (bicyclic) bond motifs is 1. The number of para-hydroxylation sites is 1. The van der Waals surface area contributed by atoms with Crippen molar-refractivity contribution in [3.63, 3.8) is 0 Å². The van der Waals surface area contributed by atoms with Crippen LogP contribution in [0.3, 0.4) is 0 Å². The number of rotatable bonds is 3. The number of nitrogens with zero attached hydrogens (tertiary/aromatic N) is 1. The maximum absolute atomic E-state index is 10.1. The van der Waals surface area contributed by atoms with Crippen molar-refractivity contribution in [1.29, 1.82) is 0 Å². The van der Waals surface area contributed by atoms with Crippen molar-refractivity contribution in [2.45, 2.75) is 24.9 Å². The van der Waals surface area contributed by atoms with Crippen LogP contribution in [0.4, 0.5) is 11.4 Å². The number of pyridine rings is 1. The van der Waals surface area contributed by atoms with Crippen molar-refractivity contribution in [2.24, 2.45) is 0 Å². The van der Waals surface area contributed by atoms with Crippen LogP contribution < -0.4 is 11.1 Å². The van der Waals surface area contributed by atoms with Crippen LogP contribution in [0.15, 0.2) is 30.5 Å². The summed E-state index contributed by atoms with van der Waals surface area (Å²) in [5, 5.41) is 14.4. The van der Waals surface area contributed by atoms with Crippen LogP contribution in [-0.4, -0.2) is 22.2 Å². The van der Waals surface area contributed by atoms with E-state index in [1.807, 2.05) is 24.3 Å². The first-order valence-corrected chi connectivity index (χ1v) is 6.27. The lowest BCUT2D eigenvalue weighted by Crippen LogP contribution is -2.43. The van der Waals surface area contributed by atoms with Crippen LogP contribution in [0.5, 0.6) is 0 Å². The molecule has 1 aliphatic rings. The number of aliphatic hydroxyl groups is 1. The normalized spacial score (nSPS) is 17.4. The summed E-state index contributed by atoms with van der Waals surface area (Å²) in [4.78, 5) is 4.29. The number of nitrogens with two attached hydrogens (primary N) is 1. The lowest BCUT2D eigenvalue weighted by atomic mass is 9.80. The van der Waals surface area contributed by atoms with Gasteiger partial charge in [-0.25, -0.2) is 0 Å². The van der Waals surface area contributed by atoms with E-state index in [0.717, 1.165) is 35.9 Å². The highest BCUT2D eigenvalue weighted by molar-refractivity contribution is 5.96. The molecule has 0 aliphatic heterocycles. The summed E-state index contributed by atoms with van der Waals surface area (Å²) in [5.74, 6) is 0. The van der Waals surface area contributed by atoms with Crippen molar-refractivity contribution >= 4 is 22.3 Å². The summed E-state index contributed by atoms with van der Waals surface area (Å²) < 4.78 is 0. The summed E-state index contributed by atoms with van der Waals surface area (Å²) in [5.41, 5.74) is 7.82. The Bertz CT molecular complexity index is 578. The number of hydrogen-bond donors (Lipinski definition) is 3. The third kappa shape index (κ3) is 1.88. The monoisotopic (exact) mass is 243 g/mol. The van der Waals surface area contributed by atoms with Gasteiger partial charge in [0, 0.05) is 11.9 Å². The van der Waals surface area contributed by atoms with E-state index in [1.165, 1.54) is 0 Å². The van der Waals surface area contributed by atoms with Gasteiger partial charge in [-0.2, -0.15) is 0 Å². The van der Waals surface area contributed by atoms with Crippen molar-refractivity contribution < 1.29 is 5.11 Å². The van der Waals surface area contributed by atoms with Crippen molar-refractivity contribution in [3.8, 4) is 0 Å². The average Bonchev–Trinajstić information content (AvgIpc) is 2.35. The van der Waals surface area contributed by atoms with Gasteiger partial charge in [0.2, 0.25) is 0 Å². The first-order valence-electron chi connectivity index (χ1n) is 6.27. The minimum Gasteiger partial charge on any atom is -0.396 e. The molecule has 94 valence electrons. The number of nitrogens with one attached hydrogen (secondary N) is 1. The quantitative estimate of drug-likeness (QED) is 0.772. The first-order chi connectivity index (χ1) is 8.68. The lowest BCUT2D eigenvalue weighted by Gasteiger charge is -2.37. The lowest BCUT2D eigenvalue weighted by molar-refractivity contribution is -0.0201. The fourth-order valence-corrected chi connectivity index (χ4v) is 2.37. The Labute approximate surface area is 106 Å². The Kier molecular flexibility index (Phi) is 2.59. The zero-order chi connectivity index (χ0) is 12.6.